The molecule has 0 aliphatic rings. The van der Waals surface area contributed by atoms with Crippen LogP contribution in [0.1, 0.15) is 117 Å². The SMILES string of the molecule is CCCCCCCCNC(=O)NCCCCCCNC(=O)NCCCCCCCC. The second-order valence-corrected chi connectivity index (χ2v) is 8.32. The van der Waals surface area contributed by atoms with E-state index >= 15 is 0 Å². The highest BCUT2D eigenvalue weighted by molar-refractivity contribution is 5.74. The maximum absolute atomic E-state index is 11.7. The molecular formula is C24H50N4O2. The Morgan fingerprint density at radius 1 is 0.400 bits per heavy atom. The van der Waals surface area contributed by atoms with Gasteiger partial charge in [0, 0.05) is 26.2 Å². The van der Waals surface area contributed by atoms with E-state index in [9.17, 15) is 9.59 Å². The third-order valence-electron chi connectivity index (χ3n) is 5.31. The summed E-state index contributed by atoms with van der Waals surface area (Å²) in [4.78, 5) is 23.4. The standard InChI is InChI=1S/C24H50N4O2/c1-3-5-7-9-11-15-19-25-23(29)27-21-17-13-14-18-22-28-24(30)26-20-16-12-10-8-6-4-2/h3-22H2,1-2H3,(H2,25,27,29)(H2,26,28,30). The van der Waals surface area contributed by atoms with Gasteiger partial charge in [0.1, 0.15) is 0 Å². The van der Waals surface area contributed by atoms with E-state index < -0.39 is 0 Å². The quantitative estimate of drug-likeness (QED) is 0.173. The minimum atomic E-state index is -0.0488. The van der Waals surface area contributed by atoms with Gasteiger partial charge in [0.2, 0.25) is 0 Å². The van der Waals surface area contributed by atoms with Gasteiger partial charge in [0.25, 0.3) is 0 Å². The number of rotatable bonds is 21. The lowest BCUT2D eigenvalue weighted by atomic mass is 10.1. The topological polar surface area (TPSA) is 82.3 Å². The normalized spacial score (nSPS) is 10.6. The largest absolute Gasteiger partial charge is 0.338 e. The van der Waals surface area contributed by atoms with Crippen molar-refractivity contribution in [2.24, 2.45) is 0 Å². The monoisotopic (exact) mass is 426 g/mol. The minimum absolute atomic E-state index is 0.0488. The average Bonchev–Trinajstić information content (AvgIpc) is 2.74. The molecule has 0 saturated carbocycles. The predicted octanol–water partition coefficient (Wildman–Crippen LogP) is 5.87. The molecule has 0 aromatic rings. The molecule has 0 bridgehead atoms. The maximum atomic E-state index is 11.7. The summed E-state index contributed by atoms with van der Waals surface area (Å²) in [5.41, 5.74) is 0. The first-order valence-corrected chi connectivity index (χ1v) is 12.7. The predicted molar refractivity (Wildman–Crippen MR) is 128 cm³/mol. The molecule has 6 heteroatoms. The van der Waals surface area contributed by atoms with Crippen LogP contribution in [0, 0.1) is 0 Å². The van der Waals surface area contributed by atoms with Crippen LogP contribution >= 0.6 is 0 Å². The molecule has 178 valence electrons. The van der Waals surface area contributed by atoms with Crippen molar-refractivity contribution in [1.29, 1.82) is 0 Å². The van der Waals surface area contributed by atoms with E-state index in [0.29, 0.717) is 13.1 Å². The van der Waals surface area contributed by atoms with E-state index in [2.05, 4.69) is 35.1 Å². The molecule has 4 N–H and O–H groups in total. The number of carbonyl (C=O) groups is 2. The number of nitrogens with one attached hydrogen (secondary N) is 4. The zero-order valence-corrected chi connectivity index (χ0v) is 20.0. The lowest BCUT2D eigenvalue weighted by molar-refractivity contribution is 0.239. The van der Waals surface area contributed by atoms with Crippen molar-refractivity contribution in [1.82, 2.24) is 21.3 Å². The molecular weight excluding hydrogens is 376 g/mol. The molecule has 0 aliphatic heterocycles. The van der Waals surface area contributed by atoms with Crippen LogP contribution in [0.25, 0.3) is 0 Å². The van der Waals surface area contributed by atoms with Gasteiger partial charge in [-0.2, -0.15) is 0 Å². The Kier molecular flexibility index (Phi) is 22.7. The zero-order valence-electron chi connectivity index (χ0n) is 20.0. The lowest BCUT2D eigenvalue weighted by Crippen LogP contribution is -2.36. The molecule has 0 saturated heterocycles. The van der Waals surface area contributed by atoms with Gasteiger partial charge in [-0.15, -0.1) is 0 Å². The molecule has 0 rings (SSSR count). The van der Waals surface area contributed by atoms with Crippen molar-refractivity contribution < 1.29 is 9.59 Å². The fourth-order valence-corrected chi connectivity index (χ4v) is 3.35. The number of unbranched alkanes of at least 4 members (excludes halogenated alkanes) is 13. The summed E-state index contributed by atoms with van der Waals surface area (Å²) in [6.07, 6.45) is 19.0. The van der Waals surface area contributed by atoms with Crippen molar-refractivity contribution in [3.8, 4) is 0 Å². The highest BCUT2D eigenvalue weighted by atomic mass is 16.2. The Hall–Kier alpha value is -1.46. The zero-order chi connectivity index (χ0) is 22.1. The molecule has 0 aromatic carbocycles. The first kappa shape index (κ1) is 28.5. The number of hydrogen-bond acceptors (Lipinski definition) is 2. The second kappa shape index (κ2) is 23.8. The third kappa shape index (κ3) is 22.8. The molecule has 0 fully saturated rings. The van der Waals surface area contributed by atoms with Crippen LogP contribution in [0.2, 0.25) is 0 Å². The molecule has 6 nitrogen and oxygen atoms in total. The molecule has 0 radical (unpaired) electrons. The van der Waals surface area contributed by atoms with Crippen molar-refractivity contribution in [2.75, 3.05) is 26.2 Å². The summed E-state index contributed by atoms with van der Waals surface area (Å²) in [5.74, 6) is 0. The van der Waals surface area contributed by atoms with Gasteiger partial charge in [0.05, 0.1) is 0 Å². The van der Waals surface area contributed by atoms with E-state index in [1.807, 2.05) is 0 Å². The summed E-state index contributed by atoms with van der Waals surface area (Å²) in [7, 11) is 0. The molecule has 0 aromatic heterocycles. The summed E-state index contributed by atoms with van der Waals surface area (Å²) < 4.78 is 0. The Morgan fingerprint density at radius 3 is 0.900 bits per heavy atom. The summed E-state index contributed by atoms with van der Waals surface area (Å²) in [6, 6.07) is -0.0977. The molecule has 0 spiro atoms. The van der Waals surface area contributed by atoms with Crippen LogP contribution in [0.5, 0.6) is 0 Å². The van der Waals surface area contributed by atoms with Gasteiger partial charge in [0.15, 0.2) is 0 Å². The molecule has 0 atom stereocenters. The first-order chi connectivity index (χ1) is 14.7. The number of urea groups is 2. The van der Waals surface area contributed by atoms with Crippen LogP contribution in [0.3, 0.4) is 0 Å². The van der Waals surface area contributed by atoms with Crippen LogP contribution in [-0.4, -0.2) is 38.2 Å². The van der Waals surface area contributed by atoms with Crippen LogP contribution < -0.4 is 21.3 Å². The Labute approximate surface area is 186 Å². The van der Waals surface area contributed by atoms with Crippen molar-refractivity contribution >= 4 is 12.1 Å². The summed E-state index contributed by atoms with van der Waals surface area (Å²) in [6.45, 7) is 7.41. The van der Waals surface area contributed by atoms with Crippen LogP contribution in [0.4, 0.5) is 9.59 Å². The van der Waals surface area contributed by atoms with E-state index in [0.717, 1.165) is 51.6 Å². The van der Waals surface area contributed by atoms with Crippen LogP contribution in [-0.2, 0) is 0 Å². The number of carbonyl (C=O) groups excluding carboxylic acids is 2. The fourth-order valence-electron chi connectivity index (χ4n) is 3.35. The average molecular weight is 427 g/mol. The summed E-state index contributed by atoms with van der Waals surface area (Å²) in [5, 5.41) is 11.7. The van der Waals surface area contributed by atoms with E-state index in [1.54, 1.807) is 0 Å². The van der Waals surface area contributed by atoms with Gasteiger partial charge in [-0.1, -0.05) is 90.9 Å². The summed E-state index contributed by atoms with van der Waals surface area (Å²) >= 11 is 0. The Morgan fingerprint density at radius 2 is 0.633 bits per heavy atom. The van der Waals surface area contributed by atoms with Gasteiger partial charge < -0.3 is 21.3 Å². The Bertz CT molecular complexity index is 355. The lowest BCUT2D eigenvalue weighted by Gasteiger charge is -2.08. The fraction of sp³-hybridized carbons (Fsp3) is 0.917. The maximum Gasteiger partial charge on any atom is 0.314 e. The van der Waals surface area contributed by atoms with Gasteiger partial charge in [-0.3, -0.25) is 0 Å². The van der Waals surface area contributed by atoms with Gasteiger partial charge in [-0.25, -0.2) is 9.59 Å². The highest BCUT2D eigenvalue weighted by Gasteiger charge is 2.00. The third-order valence-corrected chi connectivity index (χ3v) is 5.31. The molecule has 0 aliphatic carbocycles. The van der Waals surface area contributed by atoms with Crippen LogP contribution in [0.15, 0.2) is 0 Å². The Balaban J connectivity index is 3.25. The van der Waals surface area contributed by atoms with Crippen molar-refractivity contribution in [3.05, 3.63) is 0 Å². The minimum Gasteiger partial charge on any atom is -0.338 e. The van der Waals surface area contributed by atoms with Crippen molar-refractivity contribution in [3.63, 3.8) is 0 Å². The second-order valence-electron chi connectivity index (χ2n) is 8.32. The van der Waals surface area contributed by atoms with Gasteiger partial charge >= 0.3 is 12.1 Å². The van der Waals surface area contributed by atoms with E-state index in [4.69, 9.17) is 0 Å². The molecule has 4 amide bonds. The van der Waals surface area contributed by atoms with Crippen molar-refractivity contribution in [2.45, 2.75) is 117 Å². The number of amides is 4. The molecule has 0 unspecified atom stereocenters. The smallest absolute Gasteiger partial charge is 0.314 e. The number of hydrogen-bond donors (Lipinski definition) is 4. The van der Waals surface area contributed by atoms with Gasteiger partial charge in [-0.05, 0) is 25.7 Å². The molecule has 30 heavy (non-hydrogen) atoms. The highest BCUT2D eigenvalue weighted by Crippen LogP contribution is 2.05. The van der Waals surface area contributed by atoms with E-state index in [1.165, 1.54) is 64.2 Å². The molecule has 0 heterocycles. The van der Waals surface area contributed by atoms with E-state index in [-0.39, 0.29) is 12.1 Å². The first-order valence-electron chi connectivity index (χ1n) is 12.7.